The topological polar surface area (TPSA) is 101 Å². The fourth-order valence-corrected chi connectivity index (χ4v) is 10.3. The van der Waals surface area contributed by atoms with Gasteiger partial charge < -0.3 is 25.5 Å². The molecule has 0 aliphatic heterocycles. The molecule has 0 bridgehead atoms. The Morgan fingerprint density at radius 1 is 0.971 bits per heavy atom. The molecule has 35 heavy (non-hydrogen) atoms. The first-order chi connectivity index (χ1) is 15.9. The van der Waals surface area contributed by atoms with Crippen LogP contribution in [0.5, 0.6) is 0 Å². The normalized spacial score (nSPS) is 51.5. The van der Waals surface area contributed by atoms with E-state index in [2.05, 4.69) is 41.2 Å². The van der Waals surface area contributed by atoms with Crippen LogP contribution in [0.25, 0.3) is 0 Å². The van der Waals surface area contributed by atoms with Crippen LogP contribution in [0.15, 0.2) is 12.2 Å². The summed E-state index contributed by atoms with van der Waals surface area (Å²) >= 11 is 0. The first-order valence-electron chi connectivity index (χ1n) is 14.0. The van der Waals surface area contributed by atoms with E-state index < -0.39 is 29.3 Å². The Kier molecular flexibility index (Phi) is 6.51. The summed E-state index contributed by atoms with van der Waals surface area (Å²) in [6.07, 6.45) is 4.56. The molecule has 0 aromatic heterocycles. The first-order valence-corrected chi connectivity index (χ1v) is 14.0. The van der Waals surface area contributed by atoms with Gasteiger partial charge in [-0.1, -0.05) is 46.8 Å². The van der Waals surface area contributed by atoms with E-state index in [4.69, 9.17) is 0 Å². The summed E-state index contributed by atoms with van der Waals surface area (Å²) in [6, 6.07) is 0. The van der Waals surface area contributed by atoms with E-state index in [1.165, 1.54) is 0 Å². The molecule has 4 aliphatic carbocycles. The number of rotatable bonds is 5. The molecule has 0 aromatic rings. The molecule has 4 rings (SSSR count). The summed E-state index contributed by atoms with van der Waals surface area (Å²) in [5, 5.41) is 56.7. The maximum absolute atomic E-state index is 12.2. The number of aliphatic hydroxyl groups excluding tert-OH is 3. The van der Waals surface area contributed by atoms with Gasteiger partial charge in [-0.2, -0.15) is 0 Å². The Morgan fingerprint density at radius 3 is 2.20 bits per heavy atom. The van der Waals surface area contributed by atoms with Gasteiger partial charge in [-0.15, -0.1) is 0 Å². The smallest absolute Gasteiger partial charge is 0.0988 e. The predicted molar refractivity (Wildman–Crippen MR) is 139 cm³/mol. The van der Waals surface area contributed by atoms with Crippen molar-refractivity contribution >= 4 is 0 Å². The molecule has 0 amide bonds. The second kappa shape index (κ2) is 8.27. The molecule has 0 aromatic carbocycles. The molecule has 0 spiro atoms. The molecular formula is C30H52O5. The van der Waals surface area contributed by atoms with Crippen molar-refractivity contribution in [2.75, 3.05) is 0 Å². The quantitative estimate of drug-likeness (QED) is 0.362. The van der Waals surface area contributed by atoms with E-state index in [1.807, 2.05) is 0 Å². The van der Waals surface area contributed by atoms with Crippen LogP contribution in [0, 0.1) is 39.4 Å². The molecule has 4 fully saturated rings. The lowest BCUT2D eigenvalue weighted by Gasteiger charge is -2.70. The summed E-state index contributed by atoms with van der Waals surface area (Å²) in [4.78, 5) is 0. The van der Waals surface area contributed by atoms with Crippen molar-refractivity contribution in [1.29, 1.82) is 0 Å². The van der Waals surface area contributed by atoms with Gasteiger partial charge in [-0.25, -0.2) is 0 Å². The highest BCUT2D eigenvalue weighted by Gasteiger charge is 2.74. The zero-order chi connectivity index (χ0) is 26.4. The van der Waals surface area contributed by atoms with Crippen LogP contribution in [0.3, 0.4) is 0 Å². The minimum atomic E-state index is -1.42. The SMILES string of the molecule is C=C(C)[C@H](O)CC[C@](C)(O)[C@@]1(O)CC[C@]2(C)[C@@H]1[C@H](O)C[C@@H]1[C@@]3(C)CC[C@@H](O)C(C)(C)[C@@H]3CC[C@]12C. The van der Waals surface area contributed by atoms with E-state index in [1.54, 1.807) is 13.8 Å². The summed E-state index contributed by atoms with van der Waals surface area (Å²) < 4.78 is 0. The van der Waals surface area contributed by atoms with E-state index in [9.17, 15) is 25.5 Å². The maximum atomic E-state index is 12.2. The monoisotopic (exact) mass is 492 g/mol. The first kappa shape index (κ1) is 27.6. The third-order valence-corrected chi connectivity index (χ3v) is 12.8. The second-order valence-corrected chi connectivity index (χ2v) is 14.7. The fourth-order valence-electron chi connectivity index (χ4n) is 10.3. The highest BCUT2D eigenvalue weighted by atomic mass is 16.4. The lowest BCUT2D eigenvalue weighted by Crippen LogP contribution is -2.69. The number of hydrogen-bond donors (Lipinski definition) is 5. The molecule has 5 nitrogen and oxygen atoms in total. The van der Waals surface area contributed by atoms with Gasteiger partial charge in [0, 0.05) is 5.92 Å². The maximum Gasteiger partial charge on any atom is 0.0988 e. The Balaban J connectivity index is 1.69. The van der Waals surface area contributed by atoms with Crippen LogP contribution in [0.2, 0.25) is 0 Å². The summed E-state index contributed by atoms with van der Waals surface area (Å²) in [6.45, 7) is 18.8. The van der Waals surface area contributed by atoms with Crippen molar-refractivity contribution < 1.29 is 25.5 Å². The van der Waals surface area contributed by atoms with Gasteiger partial charge in [-0.05, 0) is 105 Å². The average Bonchev–Trinajstić information content (AvgIpc) is 3.06. The van der Waals surface area contributed by atoms with Crippen molar-refractivity contribution in [1.82, 2.24) is 0 Å². The van der Waals surface area contributed by atoms with Gasteiger partial charge in [0.15, 0.2) is 0 Å². The minimum Gasteiger partial charge on any atom is -0.393 e. The van der Waals surface area contributed by atoms with Gasteiger partial charge in [0.25, 0.3) is 0 Å². The summed E-state index contributed by atoms with van der Waals surface area (Å²) in [7, 11) is 0. The molecule has 0 saturated heterocycles. The van der Waals surface area contributed by atoms with Crippen molar-refractivity contribution in [2.45, 2.75) is 136 Å². The van der Waals surface area contributed by atoms with Crippen molar-refractivity contribution in [3.05, 3.63) is 12.2 Å². The van der Waals surface area contributed by atoms with Crippen LogP contribution in [-0.2, 0) is 0 Å². The number of fused-ring (bicyclic) bond motifs is 5. The van der Waals surface area contributed by atoms with Crippen molar-refractivity contribution in [3.63, 3.8) is 0 Å². The molecule has 0 unspecified atom stereocenters. The lowest BCUT2D eigenvalue weighted by atomic mass is 9.35. The molecule has 4 saturated carbocycles. The fraction of sp³-hybridized carbons (Fsp3) is 0.933. The summed E-state index contributed by atoms with van der Waals surface area (Å²) in [5.74, 6) is 0.279. The lowest BCUT2D eigenvalue weighted by molar-refractivity contribution is -0.271. The van der Waals surface area contributed by atoms with Gasteiger partial charge in [0.1, 0.15) is 0 Å². The zero-order valence-corrected chi connectivity index (χ0v) is 23.3. The highest BCUT2D eigenvalue weighted by Crippen LogP contribution is 2.76. The third kappa shape index (κ3) is 3.58. The molecular weight excluding hydrogens is 440 g/mol. The molecule has 202 valence electrons. The minimum absolute atomic E-state index is 0.0273. The van der Waals surface area contributed by atoms with Gasteiger partial charge in [-0.3, -0.25) is 0 Å². The van der Waals surface area contributed by atoms with Gasteiger partial charge in [0.05, 0.1) is 29.5 Å². The van der Waals surface area contributed by atoms with E-state index in [0.29, 0.717) is 36.7 Å². The Bertz CT molecular complexity index is 852. The van der Waals surface area contributed by atoms with Gasteiger partial charge >= 0.3 is 0 Å². The van der Waals surface area contributed by atoms with E-state index >= 15 is 0 Å². The van der Waals surface area contributed by atoms with Crippen LogP contribution < -0.4 is 0 Å². The van der Waals surface area contributed by atoms with Crippen molar-refractivity contribution in [2.24, 2.45) is 39.4 Å². The number of aliphatic hydroxyl groups is 5. The Hall–Kier alpha value is -0.460. The van der Waals surface area contributed by atoms with Crippen LogP contribution in [0.1, 0.15) is 106 Å². The predicted octanol–water partition coefficient (Wildman–Crippen LogP) is 4.59. The van der Waals surface area contributed by atoms with Gasteiger partial charge in [0.2, 0.25) is 0 Å². The van der Waals surface area contributed by atoms with Crippen LogP contribution in [-0.4, -0.2) is 55.0 Å². The van der Waals surface area contributed by atoms with Crippen LogP contribution in [0.4, 0.5) is 0 Å². The average molecular weight is 493 g/mol. The van der Waals surface area contributed by atoms with E-state index in [0.717, 1.165) is 32.1 Å². The standard InChI is InChI=1S/C30H52O5/c1-18(2)19(31)9-14-29(8,34)30(35)16-15-28(7)24(30)20(32)17-22-26(5)12-11-23(33)25(3,4)21(26)10-13-27(22,28)6/h19-24,31-35H,1,9-17H2,2-8H3/t19-,20-,21+,22-,23-,24+,26+,27-,28-,29+,30-/m1/s1. The molecule has 5 heteroatoms. The largest absolute Gasteiger partial charge is 0.393 e. The zero-order valence-electron chi connectivity index (χ0n) is 23.3. The Morgan fingerprint density at radius 2 is 1.60 bits per heavy atom. The molecule has 4 aliphatic rings. The highest BCUT2D eigenvalue weighted by molar-refractivity contribution is 5.24. The Labute approximate surface area is 213 Å². The summed E-state index contributed by atoms with van der Waals surface area (Å²) in [5.41, 5.74) is -2.69. The van der Waals surface area contributed by atoms with E-state index in [-0.39, 0.29) is 34.2 Å². The van der Waals surface area contributed by atoms with Crippen LogP contribution >= 0.6 is 0 Å². The third-order valence-electron chi connectivity index (χ3n) is 12.8. The molecule has 0 heterocycles. The molecule has 0 radical (unpaired) electrons. The molecule has 5 N–H and O–H groups in total. The molecule has 11 atom stereocenters. The number of hydrogen-bond acceptors (Lipinski definition) is 5. The second-order valence-electron chi connectivity index (χ2n) is 14.7. The van der Waals surface area contributed by atoms with Crippen molar-refractivity contribution in [3.8, 4) is 0 Å².